The highest BCUT2D eigenvalue weighted by molar-refractivity contribution is 9.10. The van der Waals surface area contributed by atoms with E-state index in [9.17, 15) is 14.4 Å². The van der Waals surface area contributed by atoms with E-state index >= 15 is 0 Å². The Hall–Kier alpha value is -1.88. The van der Waals surface area contributed by atoms with Gasteiger partial charge in [-0.1, -0.05) is 21.1 Å². The molecule has 1 aromatic heterocycles. The third-order valence-electron chi connectivity index (χ3n) is 3.49. The molecule has 1 fully saturated rings. The Morgan fingerprint density at radius 1 is 1.57 bits per heavy atom. The molecule has 1 amide bonds. The number of rotatable bonds is 4. The molecule has 2 atom stereocenters. The summed E-state index contributed by atoms with van der Waals surface area (Å²) < 4.78 is 5.36. The number of amides is 1. The number of carbonyl (C=O) groups is 3. The van der Waals surface area contributed by atoms with Gasteiger partial charge >= 0.3 is 11.9 Å². The first-order valence-corrected chi connectivity index (χ1v) is 8.17. The maximum Gasteiger partial charge on any atom is 0.353 e. The van der Waals surface area contributed by atoms with Crippen molar-refractivity contribution in [2.45, 2.75) is 23.0 Å². The van der Waals surface area contributed by atoms with E-state index in [0.29, 0.717) is 5.69 Å². The average molecular weight is 403 g/mol. The molecule has 11 heteroatoms. The summed E-state index contributed by atoms with van der Waals surface area (Å²) in [4.78, 5) is 35.9. The van der Waals surface area contributed by atoms with Gasteiger partial charge < -0.3 is 9.84 Å². The lowest BCUT2D eigenvalue weighted by atomic mass is 9.92. The van der Waals surface area contributed by atoms with Crippen LogP contribution in [0, 0.1) is 0 Å². The summed E-state index contributed by atoms with van der Waals surface area (Å²) in [7, 11) is 1.57. The van der Waals surface area contributed by atoms with Gasteiger partial charge in [0.2, 0.25) is 11.8 Å². The van der Waals surface area contributed by atoms with Crippen molar-refractivity contribution in [3.63, 3.8) is 0 Å². The Balaban J connectivity index is 1.84. The van der Waals surface area contributed by atoms with Gasteiger partial charge in [-0.3, -0.25) is 14.5 Å². The van der Waals surface area contributed by atoms with Crippen molar-refractivity contribution < 1.29 is 24.2 Å². The number of carboxylic acid groups (broad SMARTS) is 1. The van der Waals surface area contributed by atoms with E-state index in [1.807, 2.05) is 0 Å². The monoisotopic (exact) mass is 402 g/mol. The summed E-state index contributed by atoms with van der Waals surface area (Å²) in [5.74, 6) is -1.88. The number of nitrogens with zero attached hydrogens (tertiary/aromatic N) is 4. The summed E-state index contributed by atoms with van der Waals surface area (Å²) in [6, 6.07) is 0. The summed E-state index contributed by atoms with van der Waals surface area (Å²) >= 11 is 4.65. The highest BCUT2D eigenvalue weighted by Crippen LogP contribution is 2.53. The van der Waals surface area contributed by atoms with Gasteiger partial charge in [0, 0.05) is 25.8 Å². The number of carbonyl (C=O) groups excluding carboxylic acids is 2. The maximum absolute atomic E-state index is 12.4. The molecular formula is C12H11BrN4O5S. The van der Waals surface area contributed by atoms with Gasteiger partial charge in [0.05, 0.1) is 0 Å². The van der Waals surface area contributed by atoms with Gasteiger partial charge in [0.1, 0.15) is 21.1 Å². The number of fused-ring (bicyclic) bond motifs is 1. The largest absolute Gasteiger partial charge is 0.477 e. The zero-order chi connectivity index (χ0) is 16.9. The molecule has 0 radical (unpaired) electrons. The number of alkyl halides is 1. The van der Waals surface area contributed by atoms with Crippen molar-refractivity contribution in [3.05, 3.63) is 16.8 Å². The molecule has 2 aliphatic heterocycles. The number of ether oxygens (including phenoxy) is 1. The summed E-state index contributed by atoms with van der Waals surface area (Å²) in [5.41, 5.74) is 0.302. The zero-order valence-electron chi connectivity index (χ0n) is 12.0. The normalized spacial score (nSPS) is 25.7. The molecule has 1 saturated heterocycles. The second kappa shape index (κ2) is 5.34. The molecule has 3 rings (SSSR count). The van der Waals surface area contributed by atoms with Crippen molar-refractivity contribution in [1.29, 1.82) is 0 Å². The Labute approximate surface area is 142 Å². The molecule has 1 unspecified atom stereocenters. The van der Waals surface area contributed by atoms with Crippen molar-refractivity contribution >= 4 is 45.5 Å². The van der Waals surface area contributed by atoms with Crippen LogP contribution in [0.1, 0.15) is 12.6 Å². The molecule has 0 saturated carbocycles. The average Bonchev–Trinajstić information content (AvgIpc) is 3.03. The van der Waals surface area contributed by atoms with Gasteiger partial charge in [-0.15, -0.1) is 16.9 Å². The van der Waals surface area contributed by atoms with Gasteiger partial charge in [-0.05, 0) is 0 Å². The summed E-state index contributed by atoms with van der Waals surface area (Å²) in [6.45, 7) is 1.26. The number of esters is 1. The topological polar surface area (TPSA) is 115 Å². The molecule has 23 heavy (non-hydrogen) atoms. The van der Waals surface area contributed by atoms with Crippen LogP contribution in [0.15, 0.2) is 11.1 Å². The van der Waals surface area contributed by atoms with Crippen molar-refractivity contribution in [3.8, 4) is 5.88 Å². The molecule has 3 heterocycles. The maximum atomic E-state index is 12.4. The number of thioether (sulfide) groups is 1. The second-order valence-electron chi connectivity index (χ2n) is 5.07. The standard InChI is InChI=1S/C12H11BrN4O5S/c1-5(18)22-8-6(14-15-16(8)2)3-12(13)10(21)17-7(9(19)20)4-23-11(12)17/h4,11H,3H2,1-2H3,(H,19,20)/t11-,12?/m0/s1. The van der Waals surface area contributed by atoms with Crippen LogP contribution < -0.4 is 4.74 Å². The van der Waals surface area contributed by atoms with Crippen LogP contribution in [0.4, 0.5) is 0 Å². The number of halogens is 1. The van der Waals surface area contributed by atoms with Crippen molar-refractivity contribution in [2.24, 2.45) is 7.05 Å². The molecular weight excluding hydrogens is 392 g/mol. The Kier molecular flexibility index (Phi) is 3.71. The number of aromatic nitrogens is 3. The van der Waals surface area contributed by atoms with E-state index in [1.165, 1.54) is 33.7 Å². The van der Waals surface area contributed by atoms with Crippen LogP contribution >= 0.6 is 27.7 Å². The first kappa shape index (κ1) is 16.0. The van der Waals surface area contributed by atoms with Crippen LogP contribution in [0.5, 0.6) is 5.88 Å². The third-order valence-corrected chi connectivity index (χ3v) is 6.08. The summed E-state index contributed by atoms with van der Waals surface area (Å²) in [5, 5.41) is 17.9. The molecule has 122 valence electrons. The van der Waals surface area contributed by atoms with E-state index in [4.69, 9.17) is 9.84 Å². The number of aryl methyl sites for hydroxylation is 1. The van der Waals surface area contributed by atoms with Crippen molar-refractivity contribution in [2.75, 3.05) is 0 Å². The number of hydrogen-bond donors (Lipinski definition) is 1. The predicted octanol–water partition coefficient (Wildman–Crippen LogP) is 0.258. The van der Waals surface area contributed by atoms with E-state index in [-0.39, 0.29) is 23.9 Å². The Morgan fingerprint density at radius 3 is 2.87 bits per heavy atom. The van der Waals surface area contributed by atoms with Crippen molar-refractivity contribution in [1.82, 2.24) is 19.9 Å². The minimum Gasteiger partial charge on any atom is -0.477 e. The number of β-lactam (4-membered cyclic amide) rings is 1. The smallest absolute Gasteiger partial charge is 0.353 e. The van der Waals surface area contributed by atoms with E-state index < -0.39 is 21.6 Å². The van der Waals surface area contributed by atoms with Crippen LogP contribution in [0.25, 0.3) is 0 Å². The van der Waals surface area contributed by atoms with E-state index in [2.05, 4.69) is 26.2 Å². The van der Waals surface area contributed by atoms with Crippen LogP contribution in [-0.2, 0) is 27.9 Å². The quantitative estimate of drug-likeness (QED) is 0.433. The second-order valence-corrected chi connectivity index (χ2v) is 7.44. The summed E-state index contributed by atoms with van der Waals surface area (Å²) in [6.07, 6.45) is 0.122. The van der Waals surface area contributed by atoms with Crippen LogP contribution in [0.2, 0.25) is 0 Å². The molecule has 1 N–H and O–H groups in total. The SMILES string of the molecule is CC(=O)Oc1c(CC2(Br)C(=O)N3C(C(=O)O)=CS[C@H]32)nnn1C. The van der Waals surface area contributed by atoms with E-state index in [1.54, 1.807) is 7.05 Å². The van der Waals surface area contributed by atoms with Gasteiger partial charge in [-0.2, -0.15) is 0 Å². The van der Waals surface area contributed by atoms with Crippen LogP contribution in [-0.4, -0.2) is 52.5 Å². The molecule has 9 nitrogen and oxygen atoms in total. The molecule has 0 spiro atoms. The fourth-order valence-electron chi connectivity index (χ4n) is 2.46. The van der Waals surface area contributed by atoms with Crippen LogP contribution in [0.3, 0.4) is 0 Å². The Bertz CT molecular complexity index is 763. The fourth-order valence-corrected chi connectivity index (χ4v) is 4.65. The number of carboxylic acids is 1. The first-order chi connectivity index (χ1) is 10.8. The Morgan fingerprint density at radius 2 is 2.26 bits per heavy atom. The number of aliphatic carboxylic acids is 1. The first-order valence-electron chi connectivity index (χ1n) is 6.44. The third kappa shape index (κ3) is 2.34. The minimum absolute atomic E-state index is 0.0422. The molecule has 1 aromatic rings. The van der Waals surface area contributed by atoms with Gasteiger partial charge in [0.15, 0.2) is 0 Å². The fraction of sp³-hybridized carbons (Fsp3) is 0.417. The highest BCUT2D eigenvalue weighted by atomic mass is 79.9. The molecule has 2 aliphatic rings. The van der Waals surface area contributed by atoms with Gasteiger partial charge in [-0.25, -0.2) is 9.48 Å². The molecule has 0 aromatic carbocycles. The highest BCUT2D eigenvalue weighted by Gasteiger charge is 2.64. The minimum atomic E-state index is -1.15. The zero-order valence-corrected chi connectivity index (χ0v) is 14.4. The molecule has 0 aliphatic carbocycles. The van der Waals surface area contributed by atoms with Gasteiger partial charge in [0.25, 0.3) is 0 Å². The predicted molar refractivity (Wildman–Crippen MR) is 81.6 cm³/mol. The van der Waals surface area contributed by atoms with E-state index in [0.717, 1.165) is 0 Å². The number of hydrogen-bond acceptors (Lipinski definition) is 7. The lowest BCUT2D eigenvalue weighted by Gasteiger charge is -2.48. The molecule has 0 bridgehead atoms. The lowest BCUT2D eigenvalue weighted by molar-refractivity contribution is -0.148. The lowest BCUT2D eigenvalue weighted by Crippen LogP contribution is -2.68.